The summed E-state index contributed by atoms with van der Waals surface area (Å²) in [5, 5.41) is 10.4. The molecule has 2 aliphatic rings. The second-order valence-electron chi connectivity index (χ2n) is 9.96. The van der Waals surface area contributed by atoms with Gasteiger partial charge in [-0.15, -0.1) is 11.3 Å². The highest BCUT2D eigenvalue weighted by Crippen LogP contribution is 2.44. The van der Waals surface area contributed by atoms with Crippen molar-refractivity contribution in [2.24, 2.45) is 0 Å². The molecule has 0 unspecified atom stereocenters. The standard InChI is InChI=1S/C28H27N5O7S/c1-3-29-26(36)31-24-21(16-5-4-6-20(38-2)22(16)41-24)25(35)33-11-9-28(10-12-33)14-18(34)17-13-15(7-8-19(17)39-28)23-30-27(37)40-32-23/h4-8,13H,3,9-12,14H2,1-2H3,(H2,29,31,36)(H,30,32,37). The minimum Gasteiger partial charge on any atom is -0.495 e. The predicted molar refractivity (Wildman–Crippen MR) is 151 cm³/mol. The van der Waals surface area contributed by atoms with E-state index < -0.39 is 17.4 Å². The number of nitrogens with one attached hydrogen (secondary N) is 3. The van der Waals surface area contributed by atoms with Crippen LogP contribution in [-0.4, -0.2) is 65.1 Å². The van der Waals surface area contributed by atoms with Gasteiger partial charge in [0.1, 0.15) is 22.1 Å². The molecule has 3 N–H and O–H groups in total. The fourth-order valence-corrected chi connectivity index (χ4v) is 6.59. The van der Waals surface area contributed by atoms with Crippen molar-refractivity contribution in [3.8, 4) is 22.9 Å². The van der Waals surface area contributed by atoms with Gasteiger partial charge in [0.05, 0.1) is 29.4 Å². The lowest BCUT2D eigenvalue weighted by atomic mass is 9.82. The maximum absolute atomic E-state index is 13.9. The molecule has 0 saturated carbocycles. The minimum atomic E-state index is -0.730. The minimum absolute atomic E-state index is 0.0805. The number of likely N-dealkylation sites (tertiary alicyclic amines) is 1. The molecule has 1 saturated heterocycles. The molecule has 0 radical (unpaired) electrons. The van der Waals surface area contributed by atoms with Crippen molar-refractivity contribution in [3.63, 3.8) is 0 Å². The largest absolute Gasteiger partial charge is 0.495 e. The van der Waals surface area contributed by atoms with Gasteiger partial charge in [-0.3, -0.25) is 24.4 Å². The number of ether oxygens (including phenoxy) is 2. The van der Waals surface area contributed by atoms with E-state index in [0.717, 1.165) is 4.70 Å². The molecule has 0 bridgehead atoms. The van der Waals surface area contributed by atoms with E-state index in [1.807, 2.05) is 25.1 Å². The number of thiophene rings is 1. The van der Waals surface area contributed by atoms with Gasteiger partial charge in [0.25, 0.3) is 5.91 Å². The number of rotatable bonds is 5. The summed E-state index contributed by atoms with van der Waals surface area (Å²) in [7, 11) is 1.57. The molecule has 4 heterocycles. The van der Waals surface area contributed by atoms with Gasteiger partial charge < -0.3 is 19.7 Å². The molecule has 6 rings (SSSR count). The first-order chi connectivity index (χ1) is 19.8. The highest BCUT2D eigenvalue weighted by molar-refractivity contribution is 7.23. The van der Waals surface area contributed by atoms with E-state index in [-0.39, 0.29) is 23.9 Å². The van der Waals surface area contributed by atoms with E-state index in [1.165, 1.54) is 11.3 Å². The Labute approximate surface area is 237 Å². The zero-order valence-corrected chi connectivity index (χ0v) is 23.2. The topological polar surface area (TPSA) is 156 Å². The number of H-pyrrole nitrogens is 1. The van der Waals surface area contributed by atoms with Crippen molar-refractivity contribution >= 4 is 44.1 Å². The molecule has 2 aromatic heterocycles. The van der Waals surface area contributed by atoms with Crippen LogP contribution < -0.4 is 25.9 Å². The number of carbonyl (C=O) groups is 3. The average Bonchev–Trinajstić information content (AvgIpc) is 3.56. The van der Waals surface area contributed by atoms with E-state index in [9.17, 15) is 19.2 Å². The molecule has 13 heteroatoms. The molecule has 2 aliphatic heterocycles. The number of methoxy groups -OCH3 is 1. The first kappa shape index (κ1) is 26.6. The summed E-state index contributed by atoms with van der Waals surface area (Å²) in [6, 6.07) is 10.1. The normalized spacial score (nSPS) is 15.9. The van der Waals surface area contributed by atoms with Crippen LogP contribution in [0.15, 0.2) is 45.7 Å². The van der Waals surface area contributed by atoms with Crippen molar-refractivity contribution in [3.05, 3.63) is 58.1 Å². The Hall–Kier alpha value is -4.65. The number of hydrogen-bond donors (Lipinski definition) is 3. The number of fused-ring (bicyclic) bond motifs is 2. The molecule has 0 atom stereocenters. The third-order valence-electron chi connectivity index (χ3n) is 7.44. The summed E-state index contributed by atoms with van der Waals surface area (Å²) in [5.74, 6) is 0.344. The van der Waals surface area contributed by atoms with E-state index in [0.29, 0.717) is 71.1 Å². The van der Waals surface area contributed by atoms with E-state index >= 15 is 0 Å². The summed E-state index contributed by atoms with van der Waals surface area (Å²) in [6.45, 7) is 3.01. The number of aromatic nitrogens is 2. The Morgan fingerprint density at radius 3 is 2.71 bits per heavy atom. The molecule has 12 nitrogen and oxygen atoms in total. The fraction of sp³-hybridized carbons (Fsp3) is 0.321. The van der Waals surface area contributed by atoms with Gasteiger partial charge in [0.2, 0.25) is 0 Å². The smallest absolute Gasteiger partial charge is 0.439 e. The summed E-state index contributed by atoms with van der Waals surface area (Å²) in [5.41, 5.74) is 0.636. The SMILES string of the molecule is CCNC(=O)Nc1sc2c(OC)cccc2c1C(=O)N1CCC2(CC1)CC(=O)c1cc(-c3noc(=O)[nH]3)ccc1O2. The highest BCUT2D eigenvalue weighted by atomic mass is 32.1. The van der Waals surface area contributed by atoms with Crippen molar-refractivity contribution in [1.29, 1.82) is 0 Å². The Bertz CT molecular complexity index is 1730. The predicted octanol–water partition coefficient (Wildman–Crippen LogP) is 4.03. The molecular weight excluding hydrogens is 550 g/mol. The van der Waals surface area contributed by atoms with Crippen LogP contribution in [0.1, 0.15) is 46.9 Å². The Balaban J connectivity index is 1.23. The number of amides is 3. The second kappa shape index (κ2) is 10.4. The summed E-state index contributed by atoms with van der Waals surface area (Å²) < 4.78 is 17.2. The lowest BCUT2D eigenvalue weighted by Gasteiger charge is -2.44. The van der Waals surface area contributed by atoms with Gasteiger partial charge in [-0.2, -0.15) is 0 Å². The number of anilines is 1. The zero-order valence-electron chi connectivity index (χ0n) is 22.4. The molecule has 2 aromatic carbocycles. The third-order valence-corrected chi connectivity index (χ3v) is 8.58. The molecule has 212 valence electrons. The molecule has 1 spiro atoms. The monoisotopic (exact) mass is 577 g/mol. The van der Waals surface area contributed by atoms with Gasteiger partial charge in [-0.1, -0.05) is 17.3 Å². The second-order valence-corrected chi connectivity index (χ2v) is 11.0. The van der Waals surface area contributed by atoms with Crippen LogP contribution in [-0.2, 0) is 0 Å². The van der Waals surface area contributed by atoms with Crippen LogP contribution in [0.4, 0.5) is 9.80 Å². The highest BCUT2D eigenvalue weighted by Gasteiger charge is 2.44. The maximum atomic E-state index is 13.9. The third kappa shape index (κ3) is 4.82. The van der Waals surface area contributed by atoms with Crippen LogP contribution in [0.3, 0.4) is 0 Å². The van der Waals surface area contributed by atoms with E-state index in [4.69, 9.17) is 9.47 Å². The number of piperidine rings is 1. The molecule has 0 aliphatic carbocycles. The van der Waals surface area contributed by atoms with Crippen molar-refractivity contribution in [2.45, 2.75) is 31.8 Å². The van der Waals surface area contributed by atoms with Crippen LogP contribution >= 0.6 is 11.3 Å². The number of aromatic amines is 1. The van der Waals surface area contributed by atoms with Gasteiger partial charge in [0, 0.05) is 43.4 Å². The first-order valence-corrected chi connectivity index (χ1v) is 14.0. The number of nitrogens with zero attached hydrogens (tertiary/aromatic N) is 2. The lowest BCUT2D eigenvalue weighted by Crippen LogP contribution is -2.52. The quantitative estimate of drug-likeness (QED) is 0.321. The lowest BCUT2D eigenvalue weighted by molar-refractivity contribution is -0.00561. The molecule has 4 aromatic rings. The van der Waals surface area contributed by atoms with Crippen LogP contribution in [0.2, 0.25) is 0 Å². The number of Topliss-reactive ketones (excluding diaryl/α,β-unsaturated/α-hetero) is 1. The maximum Gasteiger partial charge on any atom is 0.439 e. The number of hydrogen-bond acceptors (Lipinski definition) is 9. The van der Waals surface area contributed by atoms with Crippen molar-refractivity contribution in [1.82, 2.24) is 20.4 Å². The Morgan fingerprint density at radius 2 is 2.00 bits per heavy atom. The fourth-order valence-electron chi connectivity index (χ4n) is 5.41. The van der Waals surface area contributed by atoms with E-state index in [2.05, 4.69) is 25.3 Å². The number of urea groups is 1. The first-order valence-electron chi connectivity index (χ1n) is 13.2. The van der Waals surface area contributed by atoms with Crippen molar-refractivity contribution in [2.75, 3.05) is 32.1 Å². The molecule has 1 fully saturated rings. The summed E-state index contributed by atoms with van der Waals surface area (Å²) in [4.78, 5) is 55.1. The molecule has 41 heavy (non-hydrogen) atoms. The Kier molecular flexibility index (Phi) is 6.73. The van der Waals surface area contributed by atoms with Gasteiger partial charge in [0.15, 0.2) is 11.6 Å². The number of ketones is 1. The molecule has 3 amide bonds. The van der Waals surface area contributed by atoms with Crippen molar-refractivity contribution < 1.29 is 28.4 Å². The Morgan fingerprint density at radius 1 is 1.20 bits per heavy atom. The van der Waals surface area contributed by atoms with Crippen LogP contribution in [0, 0.1) is 0 Å². The summed E-state index contributed by atoms with van der Waals surface area (Å²) in [6.07, 6.45) is 1.10. The van der Waals surface area contributed by atoms with Gasteiger partial charge in [-0.05, 0) is 31.2 Å². The molecular formula is C28H27N5O7S. The summed E-state index contributed by atoms with van der Waals surface area (Å²) >= 11 is 1.29. The van der Waals surface area contributed by atoms with Crippen LogP contribution in [0.5, 0.6) is 11.5 Å². The van der Waals surface area contributed by atoms with Gasteiger partial charge >= 0.3 is 11.8 Å². The van der Waals surface area contributed by atoms with Gasteiger partial charge in [-0.25, -0.2) is 9.59 Å². The van der Waals surface area contributed by atoms with Crippen LogP contribution in [0.25, 0.3) is 21.5 Å². The van der Waals surface area contributed by atoms with E-state index in [1.54, 1.807) is 30.2 Å². The zero-order chi connectivity index (χ0) is 28.7. The average molecular weight is 578 g/mol. The number of benzene rings is 2. The number of carbonyl (C=O) groups excluding carboxylic acids is 3.